The lowest BCUT2D eigenvalue weighted by Gasteiger charge is -2.23. The van der Waals surface area contributed by atoms with Gasteiger partial charge < -0.3 is 4.74 Å². The van der Waals surface area contributed by atoms with Gasteiger partial charge in [0.05, 0.1) is 7.11 Å². The monoisotopic (exact) mass is 343 g/mol. The predicted molar refractivity (Wildman–Crippen MR) is 98.5 cm³/mol. The van der Waals surface area contributed by atoms with Crippen LogP contribution in [-0.4, -0.2) is 7.11 Å². The van der Waals surface area contributed by atoms with Crippen molar-refractivity contribution in [3.05, 3.63) is 87.5 Å². The number of rotatable bonds is 3. The molecule has 1 aliphatic rings. The molecule has 1 nitrogen and oxygen atoms in total. The van der Waals surface area contributed by atoms with Crippen molar-refractivity contribution in [1.82, 2.24) is 0 Å². The zero-order valence-corrected chi connectivity index (χ0v) is 14.6. The second-order valence-electron chi connectivity index (χ2n) is 5.46. The molecule has 2 aromatic rings. The van der Waals surface area contributed by atoms with Crippen molar-refractivity contribution >= 4 is 34.3 Å². The lowest BCUT2D eigenvalue weighted by molar-refractivity contribution is 0.309. The number of hydrogen-bond donors (Lipinski definition) is 0. The van der Waals surface area contributed by atoms with Crippen LogP contribution in [0.25, 0.3) is 11.1 Å². The average Bonchev–Trinajstić information content (AvgIpc) is 2.55. The quantitative estimate of drug-likeness (QED) is 0.630. The summed E-state index contributed by atoms with van der Waals surface area (Å²) < 4.78 is 5.62. The van der Waals surface area contributed by atoms with E-state index in [1.165, 1.54) is 5.56 Å². The molecule has 0 atom stereocenters. The van der Waals surface area contributed by atoms with E-state index in [-0.39, 0.29) is 0 Å². The first kappa shape index (κ1) is 16.2. The summed E-state index contributed by atoms with van der Waals surface area (Å²) in [5.41, 5.74) is 5.20. The van der Waals surface area contributed by atoms with E-state index in [0.29, 0.717) is 10.0 Å². The molecule has 0 spiro atoms. The average molecular weight is 344 g/mol. The van der Waals surface area contributed by atoms with Crippen LogP contribution in [0.5, 0.6) is 0 Å². The van der Waals surface area contributed by atoms with E-state index in [0.717, 1.165) is 34.5 Å². The van der Waals surface area contributed by atoms with Gasteiger partial charge in [-0.05, 0) is 49.1 Å². The van der Waals surface area contributed by atoms with E-state index in [9.17, 15) is 0 Å². The molecule has 23 heavy (non-hydrogen) atoms. The topological polar surface area (TPSA) is 9.23 Å². The summed E-state index contributed by atoms with van der Waals surface area (Å²) in [5, 5.41) is 1.29. The predicted octanol–water partition coefficient (Wildman–Crippen LogP) is 6.35. The van der Waals surface area contributed by atoms with Gasteiger partial charge in [-0.25, -0.2) is 0 Å². The molecule has 0 fully saturated rings. The minimum Gasteiger partial charge on any atom is -0.496 e. The molecule has 0 amide bonds. The number of allylic oxidation sites excluding steroid dienone is 3. The van der Waals surface area contributed by atoms with Crippen LogP contribution in [0.1, 0.15) is 23.1 Å². The molecule has 117 valence electrons. The summed E-state index contributed by atoms with van der Waals surface area (Å²) >= 11 is 12.9. The van der Waals surface area contributed by atoms with Gasteiger partial charge in [-0.3, -0.25) is 0 Å². The molecule has 3 heteroatoms. The first-order valence-electron chi connectivity index (χ1n) is 7.45. The van der Waals surface area contributed by atoms with Gasteiger partial charge in [0.25, 0.3) is 0 Å². The summed E-state index contributed by atoms with van der Waals surface area (Å²) in [7, 11) is 1.69. The van der Waals surface area contributed by atoms with Gasteiger partial charge in [-0.1, -0.05) is 59.1 Å². The fourth-order valence-corrected chi connectivity index (χ4v) is 3.41. The Morgan fingerprint density at radius 3 is 2.22 bits per heavy atom. The second kappa shape index (κ2) is 6.82. The highest BCUT2D eigenvalue weighted by molar-refractivity contribution is 6.38. The Morgan fingerprint density at radius 1 is 0.957 bits per heavy atom. The number of ether oxygens (including phenoxy) is 1. The molecule has 0 heterocycles. The van der Waals surface area contributed by atoms with Crippen molar-refractivity contribution in [2.75, 3.05) is 7.11 Å². The minimum absolute atomic E-state index is 0.644. The van der Waals surface area contributed by atoms with Crippen molar-refractivity contribution in [2.45, 2.75) is 13.3 Å². The molecule has 0 saturated carbocycles. The maximum Gasteiger partial charge on any atom is 0.123 e. The van der Waals surface area contributed by atoms with Crippen LogP contribution in [0.2, 0.25) is 10.0 Å². The van der Waals surface area contributed by atoms with Crippen molar-refractivity contribution in [3.63, 3.8) is 0 Å². The van der Waals surface area contributed by atoms with Gasteiger partial charge >= 0.3 is 0 Å². The largest absolute Gasteiger partial charge is 0.496 e. The number of hydrogen-bond acceptors (Lipinski definition) is 1. The van der Waals surface area contributed by atoms with E-state index in [2.05, 4.69) is 43.7 Å². The first-order chi connectivity index (χ1) is 11.1. The molecular weight excluding hydrogens is 327 g/mol. The number of methoxy groups -OCH3 is 1. The van der Waals surface area contributed by atoms with Crippen LogP contribution in [-0.2, 0) is 4.74 Å². The molecule has 0 aliphatic heterocycles. The molecule has 0 aromatic heterocycles. The summed E-state index contributed by atoms with van der Waals surface area (Å²) in [4.78, 5) is 0. The maximum absolute atomic E-state index is 6.43. The third kappa shape index (κ3) is 3.17. The summed E-state index contributed by atoms with van der Waals surface area (Å²) in [6.45, 7) is 2.07. The standard InChI is InChI=1S/C20H17Cl2O/c1-13-9-11-14(12-10-13)19-15(5-3-8-18(19)23-2)20-16(21)6-4-7-17(20)22/h4-12H,3H2,1-2H3. The summed E-state index contributed by atoms with van der Waals surface area (Å²) in [6.07, 6.45) is 5.00. The van der Waals surface area contributed by atoms with Crippen LogP contribution >= 0.6 is 23.2 Å². The molecule has 3 rings (SSSR count). The molecule has 2 aromatic carbocycles. The highest BCUT2D eigenvalue weighted by atomic mass is 35.5. The Morgan fingerprint density at radius 2 is 1.61 bits per heavy atom. The van der Waals surface area contributed by atoms with Gasteiger partial charge in [-0.2, -0.15) is 0 Å². The summed E-state index contributed by atoms with van der Waals surface area (Å²) in [5.74, 6) is 0.849. The van der Waals surface area contributed by atoms with Gasteiger partial charge in [0, 0.05) is 21.2 Å². The minimum atomic E-state index is 0.644. The number of benzene rings is 2. The Hall–Kier alpha value is -1.70. The van der Waals surface area contributed by atoms with Gasteiger partial charge in [0.1, 0.15) is 5.76 Å². The van der Waals surface area contributed by atoms with Gasteiger partial charge in [0.2, 0.25) is 0 Å². The van der Waals surface area contributed by atoms with Crippen molar-refractivity contribution in [3.8, 4) is 0 Å². The molecular formula is C20H17Cl2O. The second-order valence-corrected chi connectivity index (χ2v) is 6.28. The van der Waals surface area contributed by atoms with Crippen LogP contribution in [0.4, 0.5) is 0 Å². The van der Waals surface area contributed by atoms with Crippen LogP contribution in [0.3, 0.4) is 0 Å². The number of halogens is 2. The SMILES string of the molecule is COC1=CC[CH]C(c2c(Cl)cccc2Cl)=C1c1ccc(C)cc1. The lowest BCUT2D eigenvalue weighted by Crippen LogP contribution is -2.04. The molecule has 0 N–H and O–H groups in total. The van der Waals surface area contributed by atoms with E-state index >= 15 is 0 Å². The smallest absolute Gasteiger partial charge is 0.123 e. The fourth-order valence-electron chi connectivity index (χ4n) is 2.81. The molecule has 0 bridgehead atoms. The molecule has 1 radical (unpaired) electrons. The Bertz CT molecular complexity index is 766. The van der Waals surface area contributed by atoms with Gasteiger partial charge in [0.15, 0.2) is 0 Å². The van der Waals surface area contributed by atoms with E-state index < -0.39 is 0 Å². The van der Waals surface area contributed by atoms with Gasteiger partial charge in [-0.15, -0.1) is 0 Å². The highest BCUT2D eigenvalue weighted by Crippen LogP contribution is 2.43. The molecule has 0 saturated heterocycles. The van der Waals surface area contributed by atoms with Crippen molar-refractivity contribution in [2.24, 2.45) is 0 Å². The Kier molecular flexibility index (Phi) is 4.79. The van der Waals surface area contributed by atoms with E-state index in [1.54, 1.807) is 7.11 Å². The molecule has 0 unspecified atom stereocenters. The first-order valence-corrected chi connectivity index (χ1v) is 8.21. The third-order valence-corrected chi connectivity index (χ3v) is 4.56. The Balaban J connectivity index is 2.27. The van der Waals surface area contributed by atoms with E-state index in [1.807, 2.05) is 18.2 Å². The Labute approximate surface area is 147 Å². The zero-order valence-electron chi connectivity index (χ0n) is 13.1. The lowest BCUT2D eigenvalue weighted by atomic mass is 9.86. The highest BCUT2D eigenvalue weighted by Gasteiger charge is 2.23. The maximum atomic E-state index is 6.43. The van der Waals surface area contributed by atoms with Crippen LogP contribution in [0.15, 0.2) is 54.3 Å². The van der Waals surface area contributed by atoms with E-state index in [4.69, 9.17) is 27.9 Å². The molecule has 1 aliphatic carbocycles. The van der Waals surface area contributed by atoms with Crippen molar-refractivity contribution < 1.29 is 4.74 Å². The third-order valence-electron chi connectivity index (χ3n) is 3.93. The summed E-state index contributed by atoms with van der Waals surface area (Å²) in [6, 6.07) is 14.0. The van der Waals surface area contributed by atoms with Crippen LogP contribution in [0, 0.1) is 13.3 Å². The van der Waals surface area contributed by atoms with Crippen molar-refractivity contribution in [1.29, 1.82) is 0 Å². The van der Waals surface area contributed by atoms with Crippen LogP contribution < -0.4 is 0 Å². The number of aryl methyl sites for hydroxylation is 1. The normalized spacial score (nSPS) is 14.7. The fraction of sp³-hybridized carbons (Fsp3) is 0.150. The zero-order chi connectivity index (χ0) is 16.4.